The Balaban J connectivity index is 1.54. The average molecular weight is 364 g/mol. The molecule has 0 saturated carbocycles. The van der Waals surface area contributed by atoms with Crippen LogP contribution in [0.1, 0.15) is 51.2 Å². The highest BCUT2D eigenvalue weighted by Gasteiger charge is 2.41. The summed E-state index contributed by atoms with van der Waals surface area (Å²) < 4.78 is 5.61. The molecule has 2 aliphatic rings. The quantitative estimate of drug-likeness (QED) is 0.850. The molecule has 0 bridgehead atoms. The van der Waals surface area contributed by atoms with Gasteiger partial charge in [0.1, 0.15) is 11.8 Å². The van der Waals surface area contributed by atoms with Crippen LogP contribution in [0.15, 0.2) is 42.5 Å². The van der Waals surface area contributed by atoms with Gasteiger partial charge in [-0.15, -0.1) is 0 Å². The van der Waals surface area contributed by atoms with Gasteiger partial charge in [-0.05, 0) is 32.0 Å². The van der Waals surface area contributed by atoms with Crippen LogP contribution in [-0.4, -0.2) is 35.3 Å². The summed E-state index contributed by atoms with van der Waals surface area (Å²) in [4.78, 5) is 39.2. The van der Waals surface area contributed by atoms with E-state index in [4.69, 9.17) is 4.74 Å². The van der Waals surface area contributed by atoms with E-state index in [1.807, 2.05) is 31.2 Å². The Morgan fingerprint density at radius 2 is 1.89 bits per heavy atom. The van der Waals surface area contributed by atoms with Crippen LogP contribution in [0.25, 0.3) is 0 Å². The third kappa shape index (κ3) is 2.87. The fourth-order valence-electron chi connectivity index (χ4n) is 3.63. The number of hydrogen-bond donors (Lipinski definition) is 1. The predicted octanol–water partition coefficient (Wildman–Crippen LogP) is 2.62. The van der Waals surface area contributed by atoms with E-state index in [-0.39, 0.29) is 11.9 Å². The lowest BCUT2D eigenvalue weighted by Crippen LogP contribution is -2.49. The monoisotopic (exact) mass is 364 g/mol. The molecule has 4 rings (SSSR count). The molecule has 1 N–H and O–H groups in total. The SMILES string of the molecule is Cc1ccc2c(c1)C(=O)N(C(C)C(=O)NC1CCOc3ccccc31)C2=O. The van der Waals surface area contributed by atoms with Crippen molar-refractivity contribution in [3.8, 4) is 5.75 Å². The average Bonchev–Trinajstić information content (AvgIpc) is 2.91. The zero-order chi connectivity index (χ0) is 19.1. The first kappa shape index (κ1) is 17.3. The number of ether oxygens (including phenoxy) is 1. The molecule has 6 heteroatoms. The third-order valence-corrected chi connectivity index (χ3v) is 5.12. The number of benzene rings is 2. The largest absolute Gasteiger partial charge is 0.493 e. The van der Waals surface area contributed by atoms with Gasteiger partial charge >= 0.3 is 0 Å². The molecule has 0 saturated heterocycles. The summed E-state index contributed by atoms with van der Waals surface area (Å²) in [7, 11) is 0. The molecule has 2 aromatic rings. The van der Waals surface area contributed by atoms with E-state index in [0.717, 1.165) is 21.8 Å². The first-order valence-electron chi connectivity index (χ1n) is 8.98. The van der Waals surface area contributed by atoms with Gasteiger partial charge in [0.25, 0.3) is 11.8 Å². The highest BCUT2D eigenvalue weighted by Crippen LogP contribution is 2.32. The smallest absolute Gasteiger partial charge is 0.262 e. The van der Waals surface area contributed by atoms with Crippen molar-refractivity contribution < 1.29 is 19.1 Å². The lowest BCUT2D eigenvalue weighted by molar-refractivity contribution is -0.125. The first-order chi connectivity index (χ1) is 13.0. The maximum absolute atomic E-state index is 12.8. The van der Waals surface area contributed by atoms with Crippen LogP contribution < -0.4 is 10.1 Å². The van der Waals surface area contributed by atoms with Gasteiger partial charge in [0.2, 0.25) is 5.91 Å². The Morgan fingerprint density at radius 3 is 2.70 bits per heavy atom. The minimum atomic E-state index is -0.896. The summed E-state index contributed by atoms with van der Waals surface area (Å²) in [5.74, 6) is -0.459. The molecule has 0 radical (unpaired) electrons. The molecule has 0 aromatic heterocycles. The van der Waals surface area contributed by atoms with Gasteiger partial charge in [-0.25, -0.2) is 0 Å². The number of fused-ring (bicyclic) bond motifs is 2. The zero-order valence-corrected chi connectivity index (χ0v) is 15.2. The Bertz CT molecular complexity index is 953. The van der Waals surface area contributed by atoms with E-state index < -0.39 is 17.9 Å². The molecule has 3 amide bonds. The molecule has 6 nitrogen and oxygen atoms in total. The minimum Gasteiger partial charge on any atom is -0.493 e. The van der Waals surface area contributed by atoms with Gasteiger partial charge in [-0.3, -0.25) is 19.3 Å². The van der Waals surface area contributed by atoms with Gasteiger partial charge in [0.15, 0.2) is 0 Å². The predicted molar refractivity (Wildman–Crippen MR) is 98.6 cm³/mol. The van der Waals surface area contributed by atoms with Crippen molar-refractivity contribution in [3.63, 3.8) is 0 Å². The van der Waals surface area contributed by atoms with Crippen LogP contribution in [0.2, 0.25) is 0 Å². The second-order valence-corrected chi connectivity index (χ2v) is 6.94. The number of nitrogens with one attached hydrogen (secondary N) is 1. The Hall–Kier alpha value is -3.15. The molecule has 27 heavy (non-hydrogen) atoms. The van der Waals surface area contributed by atoms with Crippen molar-refractivity contribution in [2.45, 2.75) is 32.4 Å². The number of rotatable bonds is 3. The number of hydrogen-bond acceptors (Lipinski definition) is 4. The maximum atomic E-state index is 12.8. The van der Waals surface area contributed by atoms with E-state index in [1.165, 1.54) is 0 Å². The van der Waals surface area contributed by atoms with E-state index in [9.17, 15) is 14.4 Å². The second-order valence-electron chi connectivity index (χ2n) is 6.94. The van der Waals surface area contributed by atoms with Crippen LogP contribution in [0.5, 0.6) is 5.75 Å². The van der Waals surface area contributed by atoms with Crippen LogP contribution in [0.3, 0.4) is 0 Å². The number of nitrogens with zero attached hydrogens (tertiary/aromatic N) is 1. The lowest BCUT2D eigenvalue weighted by Gasteiger charge is -2.29. The van der Waals surface area contributed by atoms with Gasteiger partial charge in [-0.1, -0.05) is 29.8 Å². The molecule has 0 fully saturated rings. The number of carbonyl (C=O) groups excluding carboxylic acids is 3. The number of amides is 3. The highest BCUT2D eigenvalue weighted by molar-refractivity contribution is 6.22. The Labute approximate surface area is 157 Å². The number of imide groups is 1. The number of aryl methyl sites for hydroxylation is 1. The molecule has 2 unspecified atom stereocenters. The van der Waals surface area contributed by atoms with E-state index in [0.29, 0.717) is 24.2 Å². The van der Waals surface area contributed by atoms with Crippen LogP contribution in [0.4, 0.5) is 0 Å². The van der Waals surface area contributed by atoms with Crippen molar-refractivity contribution in [2.75, 3.05) is 6.61 Å². The van der Waals surface area contributed by atoms with Crippen LogP contribution in [0, 0.1) is 6.92 Å². The lowest BCUT2D eigenvalue weighted by atomic mass is 10.00. The fourth-order valence-corrected chi connectivity index (χ4v) is 3.63. The van der Waals surface area contributed by atoms with Crippen LogP contribution >= 0.6 is 0 Å². The molecular weight excluding hydrogens is 344 g/mol. The third-order valence-electron chi connectivity index (χ3n) is 5.12. The van der Waals surface area contributed by atoms with Gasteiger partial charge < -0.3 is 10.1 Å². The van der Waals surface area contributed by atoms with Crippen molar-refractivity contribution in [1.29, 1.82) is 0 Å². The van der Waals surface area contributed by atoms with E-state index >= 15 is 0 Å². The number of para-hydroxylation sites is 1. The molecule has 2 atom stereocenters. The van der Waals surface area contributed by atoms with Crippen molar-refractivity contribution >= 4 is 17.7 Å². The summed E-state index contributed by atoms with van der Waals surface area (Å²) in [6, 6.07) is 11.6. The molecule has 2 aliphatic heterocycles. The summed E-state index contributed by atoms with van der Waals surface area (Å²) in [5, 5.41) is 2.97. The highest BCUT2D eigenvalue weighted by atomic mass is 16.5. The van der Waals surface area contributed by atoms with Gasteiger partial charge in [0.05, 0.1) is 23.8 Å². The molecule has 0 aliphatic carbocycles. The molecule has 2 aromatic carbocycles. The molecule has 0 spiro atoms. The second kappa shape index (κ2) is 6.54. The molecule has 138 valence electrons. The van der Waals surface area contributed by atoms with Crippen molar-refractivity contribution in [3.05, 3.63) is 64.7 Å². The van der Waals surface area contributed by atoms with Crippen LogP contribution in [-0.2, 0) is 4.79 Å². The number of carbonyl (C=O) groups is 3. The Kier molecular flexibility index (Phi) is 4.18. The first-order valence-corrected chi connectivity index (χ1v) is 8.98. The summed E-state index contributed by atoms with van der Waals surface area (Å²) in [6.45, 7) is 3.94. The maximum Gasteiger partial charge on any atom is 0.262 e. The minimum absolute atomic E-state index is 0.206. The summed E-state index contributed by atoms with van der Waals surface area (Å²) in [5.41, 5.74) is 2.51. The standard InChI is InChI=1S/C21H20N2O4/c1-12-7-8-14-16(11-12)21(26)23(20(14)25)13(2)19(24)22-17-9-10-27-18-6-4-3-5-15(17)18/h3-8,11,13,17H,9-10H2,1-2H3,(H,22,24). The zero-order valence-electron chi connectivity index (χ0n) is 15.2. The van der Waals surface area contributed by atoms with E-state index in [1.54, 1.807) is 25.1 Å². The fraction of sp³-hybridized carbons (Fsp3) is 0.286. The summed E-state index contributed by atoms with van der Waals surface area (Å²) in [6.07, 6.45) is 0.636. The van der Waals surface area contributed by atoms with Gasteiger partial charge in [-0.2, -0.15) is 0 Å². The molecular formula is C21H20N2O4. The normalized spacial score (nSPS) is 19.2. The summed E-state index contributed by atoms with van der Waals surface area (Å²) >= 11 is 0. The topological polar surface area (TPSA) is 75.7 Å². The van der Waals surface area contributed by atoms with E-state index in [2.05, 4.69) is 5.32 Å². The van der Waals surface area contributed by atoms with Crippen molar-refractivity contribution in [1.82, 2.24) is 10.2 Å². The molecule has 2 heterocycles. The van der Waals surface area contributed by atoms with Crippen molar-refractivity contribution in [2.24, 2.45) is 0 Å². The Morgan fingerprint density at radius 1 is 1.15 bits per heavy atom. The van der Waals surface area contributed by atoms with Gasteiger partial charge in [0, 0.05) is 12.0 Å².